The first-order valence-electron chi connectivity index (χ1n) is 13.2. The first kappa shape index (κ1) is 23.8. The van der Waals surface area contributed by atoms with Crippen LogP contribution in [0.5, 0.6) is 0 Å². The molecule has 3 aliphatic heterocycles. The lowest BCUT2D eigenvalue weighted by atomic mass is 9.91. The molecule has 4 aliphatic rings. The molecular formula is C28H31N7O2. The minimum Gasteiger partial charge on any atom is -0.379 e. The molecule has 1 aliphatic carbocycles. The van der Waals surface area contributed by atoms with Gasteiger partial charge in [-0.3, -0.25) is 20.0 Å². The summed E-state index contributed by atoms with van der Waals surface area (Å²) in [4.78, 5) is 35.3. The number of carbonyl (C=O) groups is 1. The molecule has 5 heterocycles. The fourth-order valence-electron chi connectivity index (χ4n) is 5.47. The molecule has 0 atom stereocenters. The standard InChI is InChI=1S/C28H31N7O2/c36-27(5-3-1-2-4-9-34-11-13-37-14-12-34)33-26-17-22-24(18-30-26)31-19-32-28(22)35-10-7-21-15-23-20(6-8-29-23)16-25(21)35/h6,17-19H,1-2,4,7-16H2,(H,30,33,36). The summed E-state index contributed by atoms with van der Waals surface area (Å²) in [7, 11) is 0. The van der Waals surface area contributed by atoms with E-state index >= 15 is 0 Å². The van der Waals surface area contributed by atoms with E-state index in [1.807, 2.05) is 6.07 Å². The minimum absolute atomic E-state index is 0.350. The Bertz CT molecular complexity index is 1360. The number of hydrogen-bond acceptors (Lipinski definition) is 8. The van der Waals surface area contributed by atoms with Gasteiger partial charge in [-0.25, -0.2) is 15.0 Å². The molecule has 0 bridgehead atoms. The average molecular weight is 498 g/mol. The van der Waals surface area contributed by atoms with E-state index in [1.165, 1.54) is 22.6 Å². The molecule has 0 aromatic carbocycles. The first-order valence-corrected chi connectivity index (χ1v) is 13.2. The van der Waals surface area contributed by atoms with Crippen molar-refractivity contribution >= 4 is 34.2 Å². The van der Waals surface area contributed by atoms with Crippen LogP contribution in [0.15, 0.2) is 46.5 Å². The van der Waals surface area contributed by atoms with Gasteiger partial charge in [0, 0.05) is 55.7 Å². The van der Waals surface area contributed by atoms with Crippen LogP contribution < -0.4 is 10.2 Å². The van der Waals surface area contributed by atoms with Gasteiger partial charge in [-0.05, 0) is 48.9 Å². The summed E-state index contributed by atoms with van der Waals surface area (Å²) in [5.74, 6) is 6.67. The topological polar surface area (TPSA) is 95.8 Å². The van der Waals surface area contributed by atoms with Crippen molar-refractivity contribution in [1.82, 2.24) is 19.9 Å². The number of hydrogen-bond donors (Lipinski definition) is 1. The van der Waals surface area contributed by atoms with Gasteiger partial charge in [0.05, 0.1) is 31.5 Å². The maximum absolute atomic E-state index is 12.4. The Balaban J connectivity index is 1.10. The molecule has 0 radical (unpaired) electrons. The van der Waals surface area contributed by atoms with Gasteiger partial charge >= 0.3 is 5.91 Å². The number of aliphatic imine (C=N–C) groups is 1. The summed E-state index contributed by atoms with van der Waals surface area (Å²) in [6.07, 6.45) is 11.1. The van der Waals surface area contributed by atoms with Crippen molar-refractivity contribution < 1.29 is 9.53 Å². The lowest BCUT2D eigenvalue weighted by Gasteiger charge is -2.26. The van der Waals surface area contributed by atoms with Crippen LogP contribution in [0.4, 0.5) is 11.6 Å². The molecule has 2 aromatic rings. The van der Waals surface area contributed by atoms with E-state index < -0.39 is 0 Å². The number of pyridine rings is 1. The highest BCUT2D eigenvalue weighted by atomic mass is 16.5. The minimum atomic E-state index is -0.350. The van der Waals surface area contributed by atoms with Crippen molar-refractivity contribution in [3.05, 3.63) is 41.5 Å². The molecule has 1 fully saturated rings. The van der Waals surface area contributed by atoms with Crippen molar-refractivity contribution in [2.24, 2.45) is 4.99 Å². The number of fused-ring (bicyclic) bond motifs is 2. The van der Waals surface area contributed by atoms with Crippen LogP contribution in [0.3, 0.4) is 0 Å². The van der Waals surface area contributed by atoms with E-state index in [9.17, 15) is 4.79 Å². The Hall–Kier alpha value is -3.61. The van der Waals surface area contributed by atoms with Crippen molar-refractivity contribution in [3.63, 3.8) is 0 Å². The third-order valence-corrected chi connectivity index (χ3v) is 7.43. The van der Waals surface area contributed by atoms with E-state index in [2.05, 4.69) is 53.0 Å². The number of aromatic nitrogens is 3. The van der Waals surface area contributed by atoms with Gasteiger partial charge < -0.3 is 9.64 Å². The zero-order valence-electron chi connectivity index (χ0n) is 21.0. The second kappa shape index (κ2) is 10.8. The zero-order valence-corrected chi connectivity index (χ0v) is 21.0. The Labute approximate surface area is 216 Å². The molecule has 1 N–H and O–H groups in total. The molecule has 1 saturated heterocycles. The van der Waals surface area contributed by atoms with E-state index in [4.69, 9.17) is 4.74 Å². The molecule has 1 amide bonds. The largest absolute Gasteiger partial charge is 0.379 e. The van der Waals surface area contributed by atoms with Gasteiger partial charge in [0.15, 0.2) is 0 Å². The molecule has 190 valence electrons. The summed E-state index contributed by atoms with van der Waals surface area (Å²) in [6.45, 7) is 6.40. The van der Waals surface area contributed by atoms with Crippen molar-refractivity contribution in [2.75, 3.05) is 56.2 Å². The number of carbonyl (C=O) groups excluding carboxylic acids is 1. The summed E-state index contributed by atoms with van der Waals surface area (Å²) < 4.78 is 5.38. The van der Waals surface area contributed by atoms with Crippen LogP contribution in [0.1, 0.15) is 38.5 Å². The van der Waals surface area contributed by atoms with Crippen LogP contribution in [-0.4, -0.2) is 77.4 Å². The Morgan fingerprint density at radius 1 is 1.11 bits per heavy atom. The van der Waals surface area contributed by atoms with Crippen LogP contribution in [0, 0.1) is 11.8 Å². The third-order valence-electron chi connectivity index (χ3n) is 7.43. The lowest BCUT2D eigenvalue weighted by Crippen LogP contribution is -2.36. The van der Waals surface area contributed by atoms with E-state index in [0.717, 1.165) is 94.8 Å². The molecule has 0 spiro atoms. The van der Waals surface area contributed by atoms with Crippen LogP contribution in [-0.2, 0) is 9.53 Å². The van der Waals surface area contributed by atoms with Gasteiger partial charge in [0.2, 0.25) is 0 Å². The van der Waals surface area contributed by atoms with E-state index in [1.54, 1.807) is 12.5 Å². The highest BCUT2D eigenvalue weighted by molar-refractivity contribution is 6.06. The number of amides is 1. The number of nitrogens with one attached hydrogen (secondary N) is 1. The molecule has 9 nitrogen and oxygen atoms in total. The Morgan fingerprint density at radius 2 is 2.03 bits per heavy atom. The second-order valence-corrected chi connectivity index (χ2v) is 9.77. The maximum Gasteiger partial charge on any atom is 0.301 e. The SMILES string of the molecule is O=C(C#CCCCCN1CCOCC1)Nc1cc2c(N3CCC4=C3CC3=CCN=C3C4)ncnc2cn1. The number of morpholine rings is 1. The molecule has 6 rings (SSSR count). The normalized spacial score (nSPS) is 19.2. The summed E-state index contributed by atoms with van der Waals surface area (Å²) in [6, 6.07) is 1.86. The summed E-state index contributed by atoms with van der Waals surface area (Å²) in [5, 5.41) is 3.70. The van der Waals surface area contributed by atoms with E-state index in [0.29, 0.717) is 12.2 Å². The first-order chi connectivity index (χ1) is 18.2. The Morgan fingerprint density at radius 3 is 2.95 bits per heavy atom. The third kappa shape index (κ3) is 5.26. The predicted molar refractivity (Wildman–Crippen MR) is 143 cm³/mol. The molecule has 37 heavy (non-hydrogen) atoms. The van der Waals surface area contributed by atoms with Crippen molar-refractivity contribution in [3.8, 4) is 11.8 Å². The molecule has 2 aromatic heterocycles. The highest BCUT2D eigenvalue weighted by Gasteiger charge is 2.32. The fraction of sp³-hybridized carbons (Fsp3) is 0.464. The Kier molecular flexibility index (Phi) is 6.93. The van der Waals surface area contributed by atoms with Gasteiger partial charge in [-0.1, -0.05) is 12.0 Å². The molecule has 9 heteroatoms. The van der Waals surface area contributed by atoms with Crippen LogP contribution in [0.25, 0.3) is 10.9 Å². The van der Waals surface area contributed by atoms with Crippen molar-refractivity contribution in [1.29, 1.82) is 0 Å². The number of unbranched alkanes of at least 4 members (excludes halogenated alkanes) is 2. The number of anilines is 2. The van der Waals surface area contributed by atoms with Gasteiger partial charge in [0.1, 0.15) is 18.0 Å². The van der Waals surface area contributed by atoms with Crippen LogP contribution >= 0.6 is 0 Å². The zero-order chi connectivity index (χ0) is 25.0. The van der Waals surface area contributed by atoms with Crippen molar-refractivity contribution in [2.45, 2.75) is 38.5 Å². The smallest absolute Gasteiger partial charge is 0.301 e. The highest BCUT2D eigenvalue weighted by Crippen LogP contribution is 2.41. The molecule has 0 unspecified atom stereocenters. The number of allylic oxidation sites excluding steroid dienone is 1. The monoisotopic (exact) mass is 497 g/mol. The fourth-order valence-corrected chi connectivity index (χ4v) is 5.47. The van der Waals surface area contributed by atoms with E-state index in [-0.39, 0.29) is 5.91 Å². The van der Waals surface area contributed by atoms with Gasteiger partial charge in [0.25, 0.3) is 0 Å². The summed E-state index contributed by atoms with van der Waals surface area (Å²) >= 11 is 0. The van der Waals surface area contributed by atoms with Crippen LogP contribution in [0.2, 0.25) is 0 Å². The molecule has 0 saturated carbocycles. The lowest BCUT2D eigenvalue weighted by molar-refractivity contribution is -0.111. The summed E-state index contributed by atoms with van der Waals surface area (Å²) in [5.41, 5.74) is 6.13. The number of nitrogens with zero attached hydrogens (tertiary/aromatic N) is 6. The maximum atomic E-state index is 12.4. The second-order valence-electron chi connectivity index (χ2n) is 9.77. The quantitative estimate of drug-likeness (QED) is 0.484. The average Bonchev–Trinajstić information content (AvgIpc) is 3.56. The van der Waals surface area contributed by atoms with Gasteiger partial charge in [-0.15, -0.1) is 0 Å². The number of ether oxygens (including phenoxy) is 1. The molecular weight excluding hydrogens is 466 g/mol. The van der Waals surface area contributed by atoms with Gasteiger partial charge in [-0.2, -0.15) is 0 Å². The predicted octanol–water partition coefficient (Wildman–Crippen LogP) is 3.11. The number of rotatable bonds is 6.